The van der Waals surface area contributed by atoms with E-state index in [9.17, 15) is 9.59 Å². The maximum absolute atomic E-state index is 13.8. The molecule has 0 aliphatic carbocycles. The van der Waals surface area contributed by atoms with Crippen LogP contribution >= 0.6 is 11.3 Å². The van der Waals surface area contributed by atoms with E-state index < -0.39 is 0 Å². The third-order valence-corrected chi connectivity index (χ3v) is 7.64. The van der Waals surface area contributed by atoms with Crippen LogP contribution in [0.2, 0.25) is 0 Å². The molecule has 1 atom stereocenters. The number of thiophene rings is 1. The summed E-state index contributed by atoms with van der Waals surface area (Å²) in [7, 11) is 3.32. The number of nitrogens with zero attached hydrogens (tertiary/aromatic N) is 3. The minimum absolute atomic E-state index is 0.0426. The summed E-state index contributed by atoms with van der Waals surface area (Å²) in [6.45, 7) is 5.46. The molecule has 1 saturated heterocycles. The van der Waals surface area contributed by atoms with E-state index in [2.05, 4.69) is 17.5 Å². The zero-order valence-electron chi connectivity index (χ0n) is 21.7. The van der Waals surface area contributed by atoms with Crippen LogP contribution in [0.4, 0.5) is 0 Å². The molecule has 37 heavy (non-hydrogen) atoms. The fourth-order valence-electron chi connectivity index (χ4n) is 5.15. The Bertz CT molecular complexity index is 1350. The van der Waals surface area contributed by atoms with Crippen LogP contribution in [-0.2, 0) is 11.4 Å². The first kappa shape index (κ1) is 25.1. The second kappa shape index (κ2) is 10.4. The summed E-state index contributed by atoms with van der Waals surface area (Å²) in [5, 5.41) is 11.6. The summed E-state index contributed by atoms with van der Waals surface area (Å²) in [6, 6.07) is 5.97. The van der Waals surface area contributed by atoms with E-state index in [0.717, 1.165) is 52.2 Å². The lowest BCUT2D eigenvalue weighted by Crippen LogP contribution is -2.34. The lowest BCUT2D eigenvalue weighted by molar-refractivity contribution is -0.124. The zero-order chi connectivity index (χ0) is 26.1. The summed E-state index contributed by atoms with van der Waals surface area (Å²) in [4.78, 5) is 27.9. The first-order valence-corrected chi connectivity index (χ1v) is 13.5. The molecule has 194 valence electrons. The molecule has 5 rings (SSSR count). The van der Waals surface area contributed by atoms with Crippen LogP contribution < -0.4 is 14.8 Å². The number of carbonyl (C=O) groups is 2. The molecule has 2 aliphatic heterocycles. The van der Waals surface area contributed by atoms with Crippen LogP contribution in [0, 0.1) is 5.92 Å². The summed E-state index contributed by atoms with van der Waals surface area (Å²) in [6.07, 6.45) is 4.27. The second-order valence-corrected chi connectivity index (χ2v) is 10.5. The van der Waals surface area contributed by atoms with E-state index in [1.807, 2.05) is 46.3 Å². The van der Waals surface area contributed by atoms with E-state index in [1.54, 1.807) is 25.5 Å². The number of benzene rings is 1. The highest BCUT2D eigenvalue weighted by Crippen LogP contribution is 2.44. The van der Waals surface area contributed by atoms with Crippen molar-refractivity contribution in [3.8, 4) is 28.4 Å². The van der Waals surface area contributed by atoms with Crippen LogP contribution in [0.25, 0.3) is 23.0 Å². The Morgan fingerprint density at radius 3 is 2.78 bits per heavy atom. The van der Waals surface area contributed by atoms with E-state index in [1.165, 1.54) is 0 Å². The van der Waals surface area contributed by atoms with Crippen molar-refractivity contribution in [3.63, 3.8) is 0 Å². The Morgan fingerprint density at radius 1 is 1.24 bits per heavy atom. The number of ether oxygens (including phenoxy) is 2. The van der Waals surface area contributed by atoms with E-state index in [-0.39, 0.29) is 24.3 Å². The molecule has 2 amide bonds. The number of hydrogen-bond acceptors (Lipinski definition) is 6. The Hall–Kier alpha value is -3.59. The predicted octanol–water partition coefficient (Wildman–Crippen LogP) is 4.91. The number of allylic oxidation sites excluding steroid dienone is 1. The van der Waals surface area contributed by atoms with Gasteiger partial charge in [0, 0.05) is 54.2 Å². The first-order chi connectivity index (χ1) is 17.9. The van der Waals surface area contributed by atoms with Gasteiger partial charge in [0.05, 0.1) is 18.5 Å². The summed E-state index contributed by atoms with van der Waals surface area (Å²) >= 11 is 1.58. The van der Waals surface area contributed by atoms with Gasteiger partial charge in [0.15, 0.2) is 5.69 Å². The van der Waals surface area contributed by atoms with Gasteiger partial charge in [-0.05, 0) is 50.6 Å². The van der Waals surface area contributed by atoms with Crippen molar-refractivity contribution in [1.29, 1.82) is 0 Å². The average molecular weight is 521 g/mol. The van der Waals surface area contributed by atoms with Crippen molar-refractivity contribution >= 4 is 29.2 Å². The maximum atomic E-state index is 13.8. The van der Waals surface area contributed by atoms with Gasteiger partial charge in [-0.2, -0.15) is 16.4 Å². The van der Waals surface area contributed by atoms with Gasteiger partial charge in [0.2, 0.25) is 5.91 Å². The summed E-state index contributed by atoms with van der Waals surface area (Å²) in [5.74, 6) is 1.29. The third kappa shape index (κ3) is 4.75. The minimum atomic E-state index is -0.118. The van der Waals surface area contributed by atoms with Gasteiger partial charge in [0.25, 0.3) is 5.91 Å². The van der Waals surface area contributed by atoms with Crippen molar-refractivity contribution in [2.75, 3.05) is 27.2 Å². The fraction of sp³-hybridized carbons (Fsp3) is 0.393. The molecule has 1 fully saturated rings. The standard InChI is InChI=1S/C28H32N4O4S/c1-17(2)12-19-13-21-24(14-23(19)35-4)36-15-22-25(30-32(26(21)22)20-8-11-37-16-20)28(34)31-9-5-6-18(7-10-31)27(33)29-3/h8,11-14,16,18H,5-7,9-10,15H2,1-4H3,(H,29,33). The molecule has 4 heterocycles. The minimum Gasteiger partial charge on any atom is -0.496 e. The van der Waals surface area contributed by atoms with Crippen molar-refractivity contribution in [2.24, 2.45) is 5.92 Å². The molecular formula is C28H32N4O4S. The molecule has 2 aromatic heterocycles. The zero-order valence-corrected chi connectivity index (χ0v) is 22.5. The number of methoxy groups -OCH3 is 1. The molecular weight excluding hydrogens is 488 g/mol. The number of nitrogens with one attached hydrogen (secondary N) is 1. The molecule has 0 saturated carbocycles. The molecule has 1 aromatic carbocycles. The van der Waals surface area contributed by atoms with Crippen LogP contribution in [0.1, 0.15) is 54.7 Å². The smallest absolute Gasteiger partial charge is 0.274 e. The Balaban J connectivity index is 1.59. The molecule has 1 N–H and O–H groups in total. The number of likely N-dealkylation sites (tertiary alicyclic amines) is 1. The number of carbonyl (C=O) groups excluding carboxylic acids is 2. The van der Waals surface area contributed by atoms with Crippen molar-refractivity contribution in [1.82, 2.24) is 20.0 Å². The Labute approximate surface area is 220 Å². The van der Waals surface area contributed by atoms with Crippen LogP contribution in [0.3, 0.4) is 0 Å². The van der Waals surface area contributed by atoms with Crippen LogP contribution in [-0.4, -0.2) is 53.7 Å². The summed E-state index contributed by atoms with van der Waals surface area (Å²) < 4.78 is 13.7. The van der Waals surface area contributed by atoms with E-state index in [4.69, 9.17) is 14.6 Å². The normalized spacial score (nSPS) is 16.6. The van der Waals surface area contributed by atoms with Gasteiger partial charge < -0.3 is 19.7 Å². The summed E-state index contributed by atoms with van der Waals surface area (Å²) in [5.41, 5.74) is 5.93. The predicted molar refractivity (Wildman–Crippen MR) is 144 cm³/mol. The lowest BCUT2D eigenvalue weighted by atomic mass is 9.98. The largest absolute Gasteiger partial charge is 0.496 e. The molecule has 3 aromatic rings. The molecule has 0 bridgehead atoms. The van der Waals surface area contributed by atoms with Crippen molar-refractivity contribution < 1.29 is 19.1 Å². The van der Waals surface area contributed by atoms with Crippen LogP contribution in [0.15, 0.2) is 34.5 Å². The molecule has 0 spiro atoms. The average Bonchev–Trinajstić information content (AvgIpc) is 3.49. The second-order valence-electron chi connectivity index (χ2n) is 9.70. The Morgan fingerprint density at radius 2 is 2.08 bits per heavy atom. The number of fused-ring (bicyclic) bond motifs is 3. The molecule has 0 radical (unpaired) electrons. The third-order valence-electron chi connectivity index (χ3n) is 6.97. The first-order valence-electron chi connectivity index (χ1n) is 12.6. The van der Waals surface area contributed by atoms with Crippen LogP contribution in [0.5, 0.6) is 11.5 Å². The van der Waals surface area contributed by atoms with Gasteiger partial charge in [0.1, 0.15) is 18.1 Å². The number of rotatable bonds is 5. The van der Waals surface area contributed by atoms with Crippen molar-refractivity contribution in [3.05, 3.63) is 51.4 Å². The highest BCUT2D eigenvalue weighted by molar-refractivity contribution is 7.08. The molecule has 1 unspecified atom stereocenters. The molecule has 2 aliphatic rings. The quantitative estimate of drug-likeness (QED) is 0.517. The maximum Gasteiger partial charge on any atom is 0.274 e. The highest BCUT2D eigenvalue weighted by atomic mass is 32.1. The number of amides is 2. The van der Waals surface area contributed by atoms with Crippen molar-refractivity contribution in [2.45, 2.75) is 39.7 Å². The van der Waals surface area contributed by atoms with Gasteiger partial charge in [-0.15, -0.1) is 0 Å². The monoisotopic (exact) mass is 520 g/mol. The van der Waals surface area contributed by atoms with E-state index >= 15 is 0 Å². The number of hydrogen-bond donors (Lipinski definition) is 1. The van der Waals surface area contributed by atoms with Gasteiger partial charge in [-0.1, -0.05) is 11.6 Å². The van der Waals surface area contributed by atoms with E-state index in [0.29, 0.717) is 31.0 Å². The van der Waals surface area contributed by atoms with Gasteiger partial charge >= 0.3 is 0 Å². The highest BCUT2D eigenvalue weighted by Gasteiger charge is 2.34. The molecule has 8 nitrogen and oxygen atoms in total. The lowest BCUT2D eigenvalue weighted by Gasteiger charge is -2.23. The molecule has 9 heteroatoms. The fourth-order valence-corrected chi connectivity index (χ4v) is 5.76. The topological polar surface area (TPSA) is 85.7 Å². The Kier molecular flexibility index (Phi) is 7.06. The van der Waals surface area contributed by atoms with Gasteiger partial charge in [-0.25, -0.2) is 4.68 Å². The SMILES string of the molecule is CNC(=O)C1CCCN(C(=O)c2nn(-c3ccsc3)c3c2COc2cc(OC)c(C=C(C)C)cc2-3)CC1. The number of aromatic nitrogens is 2. The van der Waals surface area contributed by atoms with Gasteiger partial charge in [-0.3, -0.25) is 9.59 Å².